The van der Waals surface area contributed by atoms with E-state index in [0.717, 1.165) is 43.2 Å². The maximum Gasteiger partial charge on any atom is 0.407 e. The third-order valence-electron chi connectivity index (χ3n) is 16.1. The fourth-order valence-corrected chi connectivity index (χ4v) is 12.3. The van der Waals surface area contributed by atoms with Crippen LogP contribution in [0.15, 0.2) is 35.9 Å². The van der Waals surface area contributed by atoms with Crippen molar-refractivity contribution in [2.75, 3.05) is 13.2 Å². The number of Topliss-reactive ketones (excluding diaryl/α,β-unsaturated/α-hetero) is 1. The highest BCUT2D eigenvalue weighted by Crippen LogP contribution is 2.68. The molecule has 62 heavy (non-hydrogen) atoms. The zero-order valence-corrected chi connectivity index (χ0v) is 37.1. The van der Waals surface area contributed by atoms with Crippen molar-refractivity contribution in [3.8, 4) is 0 Å². The van der Waals surface area contributed by atoms with Crippen molar-refractivity contribution in [1.82, 2.24) is 5.32 Å². The minimum Gasteiger partial charge on any atom is -0.441 e. The average Bonchev–Trinajstić information content (AvgIpc) is 3.35. The van der Waals surface area contributed by atoms with E-state index in [9.17, 15) is 40.2 Å². The van der Waals surface area contributed by atoms with E-state index in [1.165, 1.54) is 5.57 Å². The Morgan fingerprint density at radius 2 is 1.60 bits per heavy atom. The van der Waals surface area contributed by atoms with E-state index in [4.69, 9.17) is 29.4 Å². The molecular weight excluding hydrogens is 801 g/mol. The molecule has 9 N–H and O–H groups in total. The molecule has 17 atom stereocenters. The van der Waals surface area contributed by atoms with Crippen molar-refractivity contribution in [2.45, 2.75) is 179 Å². The SMILES string of the molecule is CC(C)CCC(=O)[C@@H](C)[C@@]1(O)[C@@H](OC2OCC(O)C(OC3OCC(OC(=O)NCc4ccc(CN)cc4)C(O)C3O)C2O)C[C@H]2[C@@H]3CC=C4C[C@@H](O)CCC[C@]4(C)C3CC[C@@]21C. The van der Waals surface area contributed by atoms with E-state index >= 15 is 0 Å². The summed E-state index contributed by atoms with van der Waals surface area (Å²) in [4.78, 5) is 26.6. The number of hydrogen-bond acceptors (Lipinski definition) is 14. The van der Waals surface area contributed by atoms with Crippen LogP contribution in [0.1, 0.15) is 110 Å². The number of hydrogen-bond donors (Lipinski definition) is 8. The number of benzene rings is 1. The third-order valence-corrected chi connectivity index (χ3v) is 16.1. The van der Waals surface area contributed by atoms with Gasteiger partial charge >= 0.3 is 6.09 Å². The Bertz CT molecular complexity index is 1750. The molecule has 4 aliphatic carbocycles. The standard InChI is InChI=1S/C47H72N2O13/c1-25(2)8-15-34(51)26(3)47(57)37(20-33-31-14-13-29-19-30(50)7-6-17-45(29,4)32(31)16-18-46(33,47)5)61-43-40(55)41(35(52)23-58-43)62-42-39(54)38(53)36(24-59-42)60-44(56)49-22-28-11-9-27(21-48)10-12-28/h9-13,25-26,30-33,35-43,50,52-55,57H,6-8,14-24,48H2,1-5H3,(H,49,56)/t26-,30+,31-,32?,33+,35?,36?,37+,38?,39?,40?,41?,42?,43?,45+,46+,47-/m1/s1. The van der Waals surface area contributed by atoms with Gasteiger partial charge in [-0.1, -0.05) is 70.5 Å². The molecule has 2 aliphatic heterocycles. The molecule has 6 aliphatic rings. The Kier molecular flexibility index (Phi) is 14.6. The van der Waals surface area contributed by atoms with Gasteiger partial charge in [-0.25, -0.2) is 4.79 Å². The molecule has 1 amide bonds. The number of ketones is 1. The quantitative estimate of drug-likeness (QED) is 0.133. The second-order valence-electron chi connectivity index (χ2n) is 20.1. The monoisotopic (exact) mass is 873 g/mol. The molecule has 2 saturated heterocycles. The van der Waals surface area contributed by atoms with Crippen LogP contribution >= 0.6 is 0 Å². The van der Waals surface area contributed by atoms with E-state index in [1.807, 2.05) is 24.3 Å². The van der Waals surface area contributed by atoms with Crippen LogP contribution in [0.5, 0.6) is 0 Å². The Morgan fingerprint density at radius 3 is 2.31 bits per heavy atom. The smallest absolute Gasteiger partial charge is 0.407 e. The molecule has 348 valence electrons. The summed E-state index contributed by atoms with van der Waals surface area (Å²) < 4.78 is 29.6. The van der Waals surface area contributed by atoms with E-state index in [1.54, 1.807) is 6.92 Å². The van der Waals surface area contributed by atoms with Gasteiger partial charge in [-0.3, -0.25) is 4.79 Å². The highest BCUT2D eigenvalue weighted by Gasteiger charge is 2.70. The Balaban J connectivity index is 1.05. The first-order valence-electron chi connectivity index (χ1n) is 23.0. The number of nitrogens with one attached hydrogen (secondary N) is 1. The molecule has 0 bridgehead atoms. The lowest BCUT2D eigenvalue weighted by Crippen LogP contribution is -2.63. The number of amides is 1. The zero-order valence-electron chi connectivity index (χ0n) is 37.1. The minimum atomic E-state index is -1.73. The normalized spacial score (nSPS) is 42.5. The van der Waals surface area contributed by atoms with Crippen LogP contribution < -0.4 is 11.1 Å². The topological polar surface area (TPSA) is 240 Å². The molecule has 0 aromatic heterocycles. The molecule has 1 aromatic rings. The summed E-state index contributed by atoms with van der Waals surface area (Å²) in [5, 5.41) is 71.5. The van der Waals surface area contributed by atoms with E-state index in [0.29, 0.717) is 50.5 Å². The Morgan fingerprint density at radius 1 is 0.903 bits per heavy atom. The predicted octanol–water partition coefficient (Wildman–Crippen LogP) is 3.36. The predicted molar refractivity (Wildman–Crippen MR) is 226 cm³/mol. The van der Waals surface area contributed by atoms with Crippen LogP contribution in [-0.4, -0.2) is 123 Å². The van der Waals surface area contributed by atoms with Crippen molar-refractivity contribution in [1.29, 1.82) is 0 Å². The van der Waals surface area contributed by atoms with Gasteiger partial charge in [0.1, 0.15) is 41.9 Å². The summed E-state index contributed by atoms with van der Waals surface area (Å²) in [5.41, 5.74) is 6.32. The van der Waals surface area contributed by atoms with E-state index < -0.39 is 78.3 Å². The molecule has 5 fully saturated rings. The van der Waals surface area contributed by atoms with Gasteiger partial charge in [0.05, 0.1) is 25.4 Å². The lowest BCUT2D eigenvalue weighted by molar-refractivity contribution is -0.344. The summed E-state index contributed by atoms with van der Waals surface area (Å²) in [5.74, 6) is -0.0211. The second-order valence-corrected chi connectivity index (χ2v) is 20.1. The van der Waals surface area contributed by atoms with Crippen molar-refractivity contribution >= 4 is 11.9 Å². The van der Waals surface area contributed by atoms with Crippen molar-refractivity contribution in [3.63, 3.8) is 0 Å². The number of allylic oxidation sites excluding steroid dienone is 1. The maximum atomic E-state index is 14.0. The van der Waals surface area contributed by atoms with Crippen molar-refractivity contribution in [3.05, 3.63) is 47.0 Å². The van der Waals surface area contributed by atoms with Gasteiger partial charge in [0, 0.05) is 30.8 Å². The minimum absolute atomic E-state index is 0.0230. The van der Waals surface area contributed by atoms with Gasteiger partial charge in [0.2, 0.25) is 0 Å². The van der Waals surface area contributed by atoms with Gasteiger partial charge < -0.3 is 65.4 Å². The molecule has 1 aromatic carbocycles. The summed E-state index contributed by atoms with van der Waals surface area (Å²) in [6, 6.07) is 7.34. The number of aliphatic hydroxyl groups is 6. The number of aliphatic hydroxyl groups excluding tert-OH is 5. The first-order valence-corrected chi connectivity index (χ1v) is 23.0. The highest BCUT2D eigenvalue weighted by molar-refractivity contribution is 5.82. The maximum absolute atomic E-state index is 14.0. The Hall–Kier alpha value is -2.54. The summed E-state index contributed by atoms with van der Waals surface area (Å²) in [6.07, 6.45) is -4.57. The van der Waals surface area contributed by atoms with Crippen LogP contribution in [-0.2, 0) is 41.6 Å². The number of nitrogens with two attached hydrogens (primary N) is 1. The molecule has 0 radical (unpaired) electrons. The van der Waals surface area contributed by atoms with Crippen LogP contribution in [0.4, 0.5) is 4.79 Å². The first kappa shape index (κ1) is 47.4. The van der Waals surface area contributed by atoms with Crippen LogP contribution in [0.3, 0.4) is 0 Å². The zero-order chi connectivity index (χ0) is 44.7. The van der Waals surface area contributed by atoms with Crippen molar-refractivity contribution in [2.24, 2.45) is 46.2 Å². The third kappa shape index (κ3) is 9.03. The summed E-state index contributed by atoms with van der Waals surface area (Å²) in [6.45, 7) is 10.2. The highest BCUT2D eigenvalue weighted by atomic mass is 16.7. The number of alkyl carbamates (subject to hydrolysis) is 1. The number of fused-ring (bicyclic) bond motifs is 5. The average molecular weight is 873 g/mol. The van der Waals surface area contributed by atoms with Gasteiger partial charge in [-0.15, -0.1) is 0 Å². The summed E-state index contributed by atoms with van der Waals surface area (Å²) >= 11 is 0. The van der Waals surface area contributed by atoms with Crippen LogP contribution in [0.25, 0.3) is 0 Å². The fourth-order valence-electron chi connectivity index (χ4n) is 12.3. The van der Waals surface area contributed by atoms with Gasteiger partial charge in [-0.2, -0.15) is 0 Å². The molecule has 7 rings (SSSR count). The number of carbonyl (C=O) groups excluding carboxylic acids is 2. The summed E-state index contributed by atoms with van der Waals surface area (Å²) in [7, 11) is 0. The van der Waals surface area contributed by atoms with E-state index in [2.05, 4.69) is 39.1 Å². The van der Waals surface area contributed by atoms with Gasteiger partial charge in [0.25, 0.3) is 0 Å². The lowest BCUT2D eigenvalue weighted by atomic mass is 9.47. The second kappa shape index (κ2) is 19.1. The van der Waals surface area contributed by atoms with Crippen LogP contribution in [0, 0.1) is 40.4 Å². The largest absolute Gasteiger partial charge is 0.441 e. The molecular formula is C47H72N2O13. The molecule has 15 nitrogen and oxygen atoms in total. The number of carbonyl (C=O) groups is 2. The van der Waals surface area contributed by atoms with Crippen molar-refractivity contribution < 1.29 is 63.9 Å². The van der Waals surface area contributed by atoms with Gasteiger partial charge in [-0.05, 0) is 98.0 Å². The molecule has 3 saturated carbocycles. The first-order chi connectivity index (χ1) is 29.4. The molecule has 0 spiro atoms. The molecule has 9 unspecified atom stereocenters. The molecule has 2 heterocycles. The number of rotatable bonds is 13. The van der Waals surface area contributed by atoms with Crippen LogP contribution in [0.2, 0.25) is 0 Å². The van der Waals surface area contributed by atoms with E-state index in [-0.39, 0.29) is 48.9 Å². The number of ether oxygens (including phenoxy) is 5. The Labute approximate surface area is 365 Å². The lowest BCUT2D eigenvalue weighted by Gasteiger charge is -2.58. The molecule has 15 heteroatoms. The fraction of sp³-hybridized carbons (Fsp3) is 0.787. The van der Waals surface area contributed by atoms with Gasteiger partial charge in [0.15, 0.2) is 18.7 Å².